The van der Waals surface area contributed by atoms with E-state index in [1.165, 1.54) is 0 Å². The normalized spacial score (nSPS) is 14.4. The molecule has 14 heavy (non-hydrogen) atoms. The van der Waals surface area contributed by atoms with E-state index < -0.39 is 12.2 Å². The van der Waals surface area contributed by atoms with Crippen molar-refractivity contribution in [1.29, 1.82) is 5.26 Å². The van der Waals surface area contributed by atoms with E-state index in [1.807, 2.05) is 6.92 Å². The Bertz CT molecular complexity index is 329. The minimum Gasteiger partial charge on any atom is -0.389 e. The Kier molecular flexibility index (Phi) is 3.57. The lowest BCUT2D eigenvalue weighted by Gasteiger charge is -2.14. The van der Waals surface area contributed by atoms with Gasteiger partial charge in [0, 0.05) is 6.20 Å². The molecule has 0 spiro atoms. The van der Waals surface area contributed by atoms with Gasteiger partial charge in [-0.2, -0.15) is 5.26 Å². The molecule has 0 aliphatic carbocycles. The number of aromatic nitrogens is 1. The third kappa shape index (κ3) is 2.52. The molecule has 2 unspecified atom stereocenters. The zero-order chi connectivity index (χ0) is 10.6. The van der Waals surface area contributed by atoms with Crippen molar-refractivity contribution in [2.45, 2.75) is 25.6 Å². The smallest absolute Gasteiger partial charge is 0.123 e. The second-order valence-electron chi connectivity index (χ2n) is 3.13. The zero-order valence-electron chi connectivity index (χ0n) is 7.88. The number of rotatable bonds is 3. The van der Waals surface area contributed by atoms with Crippen LogP contribution in [-0.4, -0.2) is 21.3 Å². The summed E-state index contributed by atoms with van der Waals surface area (Å²) in [6.07, 6.45) is -0.653. The van der Waals surface area contributed by atoms with E-state index in [2.05, 4.69) is 4.98 Å². The molecule has 4 heteroatoms. The average molecular weight is 192 g/mol. The summed E-state index contributed by atoms with van der Waals surface area (Å²) < 4.78 is 0. The summed E-state index contributed by atoms with van der Waals surface area (Å²) in [5, 5.41) is 27.2. The number of hydrogen-bond acceptors (Lipinski definition) is 4. The lowest BCUT2D eigenvalue weighted by molar-refractivity contribution is 0.0190. The maximum absolute atomic E-state index is 9.55. The van der Waals surface area contributed by atoms with Crippen LogP contribution in [0, 0.1) is 18.3 Å². The summed E-state index contributed by atoms with van der Waals surface area (Å²) in [5.41, 5.74) is 1.37. The molecule has 0 aliphatic heterocycles. The van der Waals surface area contributed by atoms with E-state index in [0.29, 0.717) is 5.69 Å². The Morgan fingerprint density at radius 1 is 1.50 bits per heavy atom. The summed E-state index contributed by atoms with van der Waals surface area (Å²) in [5.74, 6) is 0. The quantitative estimate of drug-likeness (QED) is 0.739. The van der Waals surface area contributed by atoms with E-state index in [0.717, 1.165) is 5.56 Å². The van der Waals surface area contributed by atoms with Gasteiger partial charge in [0.1, 0.15) is 6.10 Å². The van der Waals surface area contributed by atoms with E-state index in [4.69, 9.17) is 5.26 Å². The number of aliphatic hydroxyl groups is 2. The fourth-order valence-electron chi connectivity index (χ4n) is 1.06. The van der Waals surface area contributed by atoms with Crippen LogP contribution < -0.4 is 0 Å². The second-order valence-corrected chi connectivity index (χ2v) is 3.13. The summed E-state index contributed by atoms with van der Waals surface area (Å²) in [7, 11) is 0. The Labute approximate surface area is 82.5 Å². The molecule has 1 aromatic heterocycles. The zero-order valence-corrected chi connectivity index (χ0v) is 7.88. The molecule has 0 aliphatic rings. The summed E-state index contributed by atoms with van der Waals surface area (Å²) in [4.78, 5) is 3.96. The van der Waals surface area contributed by atoms with Crippen molar-refractivity contribution >= 4 is 0 Å². The van der Waals surface area contributed by atoms with Crippen molar-refractivity contribution in [2.75, 3.05) is 0 Å². The van der Waals surface area contributed by atoms with Crippen molar-refractivity contribution < 1.29 is 10.2 Å². The molecule has 2 atom stereocenters. The van der Waals surface area contributed by atoms with Crippen LogP contribution in [0.25, 0.3) is 0 Å². The molecule has 4 nitrogen and oxygen atoms in total. The molecule has 1 aromatic rings. The molecule has 0 fully saturated rings. The van der Waals surface area contributed by atoms with Crippen LogP contribution in [0.3, 0.4) is 0 Å². The number of nitriles is 1. The van der Waals surface area contributed by atoms with Gasteiger partial charge in [-0.25, -0.2) is 0 Å². The highest BCUT2D eigenvalue weighted by Crippen LogP contribution is 2.16. The first-order valence-electron chi connectivity index (χ1n) is 4.30. The average Bonchev–Trinajstić information content (AvgIpc) is 2.18. The number of pyridine rings is 1. The topological polar surface area (TPSA) is 77.1 Å². The fourth-order valence-corrected chi connectivity index (χ4v) is 1.06. The van der Waals surface area contributed by atoms with Gasteiger partial charge < -0.3 is 10.2 Å². The van der Waals surface area contributed by atoms with Crippen LogP contribution in [0.15, 0.2) is 18.3 Å². The van der Waals surface area contributed by atoms with Crippen molar-refractivity contribution in [2.24, 2.45) is 0 Å². The monoisotopic (exact) mass is 192 g/mol. The van der Waals surface area contributed by atoms with Gasteiger partial charge in [0.15, 0.2) is 0 Å². The summed E-state index contributed by atoms with van der Waals surface area (Å²) in [6, 6.07) is 5.23. The molecule has 0 saturated carbocycles. The van der Waals surface area contributed by atoms with Gasteiger partial charge in [-0.1, -0.05) is 6.07 Å². The maximum Gasteiger partial charge on any atom is 0.123 e. The highest BCUT2D eigenvalue weighted by Gasteiger charge is 2.18. The Morgan fingerprint density at radius 3 is 2.71 bits per heavy atom. The first-order valence-corrected chi connectivity index (χ1v) is 4.30. The molecule has 74 valence electrons. The third-order valence-electron chi connectivity index (χ3n) is 1.90. The molecule has 0 aromatic carbocycles. The van der Waals surface area contributed by atoms with Gasteiger partial charge >= 0.3 is 0 Å². The van der Waals surface area contributed by atoms with Gasteiger partial charge in [0.25, 0.3) is 0 Å². The number of aliphatic hydroxyl groups excluding tert-OH is 2. The molecular formula is C10H12N2O2. The van der Waals surface area contributed by atoms with Crippen LogP contribution in [0.1, 0.15) is 23.8 Å². The Balaban J connectivity index is 2.74. The van der Waals surface area contributed by atoms with Crippen LogP contribution >= 0.6 is 0 Å². The summed E-state index contributed by atoms with van der Waals surface area (Å²) in [6.45, 7) is 1.88. The fraction of sp³-hybridized carbons (Fsp3) is 0.400. The van der Waals surface area contributed by atoms with Gasteiger partial charge in [-0.05, 0) is 18.6 Å². The van der Waals surface area contributed by atoms with Gasteiger partial charge in [0.2, 0.25) is 0 Å². The molecule has 1 rings (SSSR count). The van der Waals surface area contributed by atoms with Crippen LogP contribution in [0.2, 0.25) is 0 Å². The molecule has 0 radical (unpaired) electrons. The largest absolute Gasteiger partial charge is 0.389 e. The predicted molar refractivity (Wildman–Crippen MR) is 50.2 cm³/mol. The predicted octanol–water partition coefficient (Wildman–Crippen LogP) is 0.698. The Hall–Kier alpha value is -1.44. The van der Waals surface area contributed by atoms with Gasteiger partial charge in [-0.15, -0.1) is 0 Å². The van der Waals surface area contributed by atoms with E-state index >= 15 is 0 Å². The first kappa shape index (κ1) is 10.6. The standard InChI is InChI=1S/C10H12N2O2/c1-7-2-3-8(12-6-7)10(14)9(13)4-5-11/h2-3,6,9-10,13-14H,4H2,1H3. The molecule has 0 amide bonds. The second kappa shape index (κ2) is 4.70. The SMILES string of the molecule is Cc1ccc(C(O)C(O)CC#N)nc1. The lowest BCUT2D eigenvalue weighted by Crippen LogP contribution is -2.18. The number of hydrogen-bond donors (Lipinski definition) is 2. The third-order valence-corrected chi connectivity index (χ3v) is 1.90. The van der Waals surface area contributed by atoms with Gasteiger partial charge in [-0.3, -0.25) is 4.98 Å². The van der Waals surface area contributed by atoms with Crippen molar-refractivity contribution in [3.63, 3.8) is 0 Å². The van der Waals surface area contributed by atoms with Crippen LogP contribution in [0.4, 0.5) is 0 Å². The van der Waals surface area contributed by atoms with Crippen molar-refractivity contribution in [3.05, 3.63) is 29.6 Å². The van der Waals surface area contributed by atoms with E-state index in [-0.39, 0.29) is 6.42 Å². The lowest BCUT2D eigenvalue weighted by atomic mass is 10.1. The molecule has 1 heterocycles. The van der Waals surface area contributed by atoms with Gasteiger partial charge in [0.05, 0.1) is 24.3 Å². The van der Waals surface area contributed by atoms with E-state index in [1.54, 1.807) is 24.4 Å². The highest BCUT2D eigenvalue weighted by molar-refractivity contribution is 5.14. The Morgan fingerprint density at radius 2 is 2.21 bits per heavy atom. The maximum atomic E-state index is 9.55. The van der Waals surface area contributed by atoms with Crippen LogP contribution in [0.5, 0.6) is 0 Å². The molecule has 2 N–H and O–H groups in total. The molecule has 0 bridgehead atoms. The highest BCUT2D eigenvalue weighted by atomic mass is 16.3. The van der Waals surface area contributed by atoms with Crippen LogP contribution in [-0.2, 0) is 0 Å². The van der Waals surface area contributed by atoms with Crippen molar-refractivity contribution in [1.82, 2.24) is 4.98 Å². The van der Waals surface area contributed by atoms with E-state index in [9.17, 15) is 10.2 Å². The molecular weight excluding hydrogens is 180 g/mol. The van der Waals surface area contributed by atoms with Crippen molar-refractivity contribution in [3.8, 4) is 6.07 Å². The summed E-state index contributed by atoms with van der Waals surface area (Å²) >= 11 is 0. The minimum atomic E-state index is -1.09. The number of nitrogens with zero attached hydrogens (tertiary/aromatic N) is 2. The molecule has 0 saturated heterocycles. The number of aryl methyl sites for hydroxylation is 1. The minimum absolute atomic E-state index is 0.100. The first-order chi connectivity index (χ1) is 6.65.